The first-order valence-electron chi connectivity index (χ1n) is 30.2. The third-order valence-electron chi connectivity index (χ3n) is 7.09. The van der Waals surface area contributed by atoms with Crippen LogP contribution in [-0.2, 0) is 70.4 Å². The Morgan fingerprint density at radius 2 is 0.500 bits per heavy atom. The molecule has 0 saturated carbocycles. The van der Waals surface area contributed by atoms with Crippen molar-refractivity contribution in [2.75, 3.05) is 62.4 Å². The number of rotatable bonds is 5. The number of carbonyl (C=O) groups excluding carboxylic acids is 12. The van der Waals surface area contributed by atoms with Crippen molar-refractivity contribution in [2.45, 2.75) is 217 Å². The zero-order chi connectivity index (χ0) is 81.8. The number of hydrogen-bond donors (Lipinski definition) is 12. The number of carbonyl (C=O) groups is 12. The van der Waals surface area contributed by atoms with E-state index in [1.807, 2.05) is 145 Å². The van der Waals surface area contributed by atoms with E-state index in [2.05, 4.69) is 186 Å². The van der Waals surface area contributed by atoms with E-state index in [4.69, 9.17) is 57.8 Å². The van der Waals surface area contributed by atoms with Crippen molar-refractivity contribution < 1.29 is 62.6 Å². The summed E-state index contributed by atoms with van der Waals surface area (Å²) in [4.78, 5) is 101. The van der Waals surface area contributed by atoms with Gasteiger partial charge in [-0.05, 0) is 144 Å². The van der Waals surface area contributed by atoms with E-state index in [-0.39, 0.29) is 36.6 Å². The van der Waals surface area contributed by atoms with Gasteiger partial charge in [-0.15, -0.1) is 0 Å². The zero-order valence-electron chi connectivity index (χ0n) is 68.8. The maximum Gasteiger partial charge on any atom is 0.219 e. The number of aryl methyl sites for hydroxylation is 2. The molecule has 0 aromatic heterocycles. The molecular formula is C71H176N12O13. The Labute approximate surface area is 597 Å². The highest BCUT2D eigenvalue weighted by atomic mass is 16.3. The molecule has 0 radical (unpaired) electrons. The van der Waals surface area contributed by atoms with Crippen molar-refractivity contribution in [1.82, 2.24) is 29.5 Å². The molecule has 25 nitrogen and oxygen atoms in total. The molecule has 0 spiro atoms. The minimum Gasteiger partial charge on any atom is -0.394 e. The molecule has 0 bridgehead atoms. The van der Waals surface area contributed by atoms with Gasteiger partial charge in [0, 0.05) is 26.1 Å². The first-order chi connectivity index (χ1) is 44.4. The molecule has 2 aromatic rings. The molecule has 1 saturated heterocycles. The number of nitrogens with zero attached hydrogens (tertiary/aromatic N) is 1. The van der Waals surface area contributed by atoms with E-state index < -0.39 is 0 Å². The number of benzene rings is 2. The lowest BCUT2D eigenvalue weighted by Gasteiger charge is -2.24. The average Bonchev–Trinajstić information content (AvgIpc) is 3.67. The molecule has 3 rings (SSSR count). The van der Waals surface area contributed by atoms with Crippen LogP contribution in [0.25, 0.3) is 0 Å². The molecule has 1 heterocycles. The highest BCUT2D eigenvalue weighted by Crippen LogP contribution is 2.07. The number of aliphatic hydroxyl groups is 1. The summed E-state index contributed by atoms with van der Waals surface area (Å²) in [5.41, 5.74) is 34.3. The quantitative estimate of drug-likeness (QED) is 0.124. The lowest BCUT2D eigenvalue weighted by molar-refractivity contribution is -0.129. The van der Waals surface area contributed by atoms with Crippen LogP contribution in [0.1, 0.15) is 209 Å². The van der Waals surface area contributed by atoms with Crippen LogP contribution in [0, 0.1) is 23.7 Å². The molecule has 27 N–H and O–H groups in total. The van der Waals surface area contributed by atoms with Crippen LogP contribution in [0.3, 0.4) is 0 Å². The minimum absolute atomic E-state index is 0. The van der Waals surface area contributed by atoms with E-state index in [1.165, 1.54) is 99.0 Å². The molecular weight excluding hydrogens is 1230 g/mol. The fourth-order valence-electron chi connectivity index (χ4n) is 2.64. The van der Waals surface area contributed by atoms with Crippen molar-refractivity contribution in [2.24, 2.45) is 63.8 Å². The van der Waals surface area contributed by atoms with Gasteiger partial charge in [0.2, 0.25) is 5.91 Å². The third-order valence-corrected chi connectivity index (χ3v) is 7.09. The Hall–Kier alpha value is -6.46. The summed E-state index contributed by atoms with van der Waals surface area (Å²) in [6.07, 6.45) is 13.7. The number of likely N-dealkylation sites (tertiary alicyclic amines) is 1. The molecule has 0 atom stereocenters. The van der Waals surface area contributed by atoms with Crippen LogP contribution in [-0.4, -0.2) is 159 Å². The largest absolute Gasteiger partial charge is 0.394 e. The third kappa shape index (κ3) is 619. The van der Waals surface area contributed by atoms with Gasteiger partial charge in [0.15, 0.2) is 0 Å². The second kappa shape index (κ2) is 375. The van der Waals surface area contributed by atoms with E-state index in [0.29, 0.717) is 0 Å². The summed E-state index contributed by atoms with van der Waals surface area (Å²) >= 11 is 0. The summed E-state index contributed by atoms with van der Waals surface area (Å²) in [5, 5.41) is 8.06. The van der Waals surface area contributed by atoms with Gasteiger partial charge in [0.05, 0.1) is 0 Å². The predicted molar refractivity (Wildman–Crippen MR) is 433 cm³/mol. The van der Waals surface area contributed by atoms with Crippen LogP contribution in [0.5, 0.6) is 0 Å². The Bertz CT molecular complexity index is 1040. The Kier molecular flexibility index (Phi) is 773. The molecule has 1 aliphatic rings. The predicted octanol–water partition coefficient (Wildman–Crippen LogP) is 13.0. The molecule has 598 valence electrons. The van der Waals surface area contributed by atoms with Gasteiger partial charge >= 0.3 is 0 Å². The number of amides is 1. The molecule has 1 amide bonds. The average molecular weight is 1410 g/mol. The Morgan fingerprint density at radius 3 is 0.562 bits per heavy atom. The summed E-state index contributed by atoms with van der Waals surface area (Å²) < 4.78 is 0. The van der Waals surface area contributed by atoms with Crippen molar-refractivity contribution >= 4 is 80.6 Å². The number of nitrogens with two attached hydrogens (primary N) is 7. The number of hydrogen-bond acceptors (Lipinski definition) is 24. The maximum atomic E-state index is 10.7. The summed E-state index contributed by atoms with van der Waals surface area (Å²) in [5.74, 6) is 3.72. The molecule has 1 aliphatic heterocycles. The fraction of sp³-hybridized carbons (Fsp3) is 0.634. The van der Waals surface area contributed by atoms with Crippen LogP contribution in [0.2, 0.25) is 0 Å². The van der Waals surface area contributed by atoms with Crippen molar-refractivity contribution in [3.63, 3.8) is 0 Å². The summed E-state index contributed by atoms with van der Waals surface area (Å²) in [6.45, 7) is 71.8. The molecule has 0 unspecified atom stereocenters. The molecule has 96 heavy (non-hydrogen) atoms. The topological polar surface area (TPSA) is 550 Å². The van der Waals surface area contributed by atoms with E-state index >= 15 is 0 Å². The van der Waals surface area contributed by atoms with Crippen LogP contribution >= 0.6 is 0 Å². The SMILES string of the molecule is C/C=C\C.C=O.C=O.C=O.C=O.C=O.C=O.C=O.C=O.C=O.C=O.C=O.CC.CC.CC(=O)N1CCCCC1.CC(C)C.CC(C)O.CCC(C)C.CCC(C)C.CCC(C)C.CCc1ccccc1.CCc1ccccc1.CN.CN.CN.CN.CN.CN.CN.N.N.N.N. The fourth-order valence-corrected chi connectivity index (χ4v) is 2.64. The van der Waals surface area contributed by atoms with Gasteiger partial charge in [0.25, 0.3) is 0 Å². The van der Waals surface area contributed by atoms with E-state index in [1.54, 1.807) is 20.8 Å². The van der Waals surface area contributed by atoms with Crippen molar-refractivity contribution in [1.29, 1.82) is 0 Å². The van der Waals surface area contributed by atoms with Gasteiger partial charge in [0.1, 0.15) is 74.7 Å². The second-order valence-corrected chi connectivity index (χ2v) is 15.1. The van der Waals surface area contributed by atoms with Gasteiger partial charge < -0.3 is 127 Å². The van der Waals surface area contributed by atoms with Crippen LogP contribution in [0.4, 0.5) is 0 Å². The Balaban J connectivity index is -0.0000000172. The monoisotopic (exact) mass is 1410 g/mol. The van der Waals surface area contributed by atoms with Gasteiger partial charge in [-0.3, -0.25) is 4.79 Å². The second-order valence-electron chi connectivity index (χ2n) is 15.1. The highest BCUT2D eigenvalue weighted by Gasteiger charge is 2.11. The normalized spacial score (nSPS) is 7.05. The van der Waals surface area contributed by atoms with Crippen molar-refractivity contribution in [3.8, 4) is 0 Å². The van der Waals surface area contributed by atoms with Crippen LogP contribution < -0.4 is 64.7 Å². The summed E-state index contributed by atoms with van der Waals surface area (Å²) in [6, 6.07) is 20.9. The van der Waals surface area contributed by atoms with E-state index in [9.17, 15) is 4.79 Å². The van der Waals surface area contributed by atoms with Gasteiger partial charge in [-0.2, -0.15) is 0 Å². The minimum atomic E-state index is -0.167. The first-order valence-corrected chi connectivity index (χ1v) is 30.2. The molecule has 0 aliphatic carbocycles. The standard InChI is InChI=1S/2C8H10.C7H13NO.3C5H12.C4H10.C4H8.C3H8O.2C2H6.7CH5N.11CH2O.4H3N/c2*1-2-8-6-4-3-5-7-8;1-7(9)8-5-3-2-4-6-8;3*1-4-5(2)3;1-4(2)3;1-3-4-2;1-3(2)4;20*1-2;;;;/h2*3-7H,2H2,1H3;2-6H2,1H3;3*5H,4H2,1-3H3;4H,1-3H3;2*3-4H,1-2H3;2*1-2H3;7*2H2,1H3;11*1H2;4*1H3/b;;;;;;;4-3-;;;;;;;;;;;;;;;;;;;;;;;;;. The van der Waals surface area contributed by atoms with Crippen LogP contribution in [0.15, 0.2) is 72.8 Å². The van der Waals surface area contributed by atoms with Crippen molar-refractivity contribution in [3.05, 3.63) is 83.9 Å². The first kappa shape index (κ1) is 198. The molecule has 25 heteroatoms. The van der Waals surface area contributed by atoms with Gasteiger partial charge in [-0.25, -0.2) is 0 Å². The van der Waals surface area contributed by atoms with E-state index in [0.717, 1.165) is 49.6 Å². The smallest absolute Gasteiger partial charge is 0.219 e. The lowest BCUT2D eigenvalue weighted by atomic mass is 10.1. The molecule has 2 aromatic carbocycles. The van der Waals surface area contributed by atoms with Gasteiger partial charge in [-0.1, -0.05) is 217 Å². The maximum absolute atomic E-state index is 10.7. The number of aliphatic hydroxyl groups excluding tert-OH is 1. The molecule has 1 fully saturated rings. The number of allylic oxidation sites excluding steroid dienone is 2. The number of piperidine rings is 1. The highest BCUT2D eigenvalue weighted by molar-refractivity contribution is 5.73. The lowest BCUT2D eigenvalue weighted by Crippen LogP contribution is -2.33. The summed E-state index contributed by atoms with van der Waals surface area (Å²) in [7, 11) is 10.5. The zero-order valence-corrected chi connectivity index (χ0v) is 68.8. The Morgan fingerprint density at radius 1 is 0.375 bits per heavy atom.